The van der Waals surface area contributed by atoms with Gasteiger partial charge in [0.2, 0.25) is 0 Å². The first kappa shape index (κ1) is 18.3. The maximum absolute atomic E-state index is 13.0. The highest BCUT2D eigenvalue weighted by Crippen LogP contribution is 2.48. The third-order valence-electron chi connectivity index (χ3n) is 5.19. The molecule has 8 nitrogen and oxygen atoms in total. The van der Waals surface area contributed by atoms with Crippen LogP contribution in [0.5, 0.6) is 0 Å². The Balaban J connectivity index is 1.92. The number of rotatable bonds is 3. The molecular formula is C21H13ClN4O4. The number of nitro benzene ring substituents is 1. The number of halogens is 1. The van der Waals surface area contributed by atoms with E-state index in [1.54, 1.807) is 30.3 Å². The van der Waals surface area contributed by atoms with Crippen molar-refractivity contribution in [3.05, 3.63) is 98.1 Å². The van der Waals surface area contributed by atoms with E-state index in [9.17, 15) is 14.9 Å². The van der Waals surface area contributed by atoms with Crippen molar-refractivity contribution >= 4 is 34.3 Å². The van der Waals surface area contributed by atoms with E-state index in [1.165, 1.54) is 10.7 Å². The maximum Gasteiger partial charge on any atom is 0.348 e. The van der Waals surface area contributed by atoms with Gasteiger partial charge in [0, 0.05) is 11.1 Å². The summed E-state index contributed by atoms with van der Waals surface area (Å²) >= 11 is 6.06. The van der Waals surface area contributed by atoms with Crippen LogP contribution in [-0.2, 0) is 10.5 Å². The third-order valence-corrected chi connectivity index (χ3v) is 5.49. The zero-order chi connectivity index (χ0) is 21.0. The predicted octanol–water partition coefficient (Wildman–Crippen LogP) is 4.22. The van der Waals surface area contributed by atoms with Crippen LogP contribution >= 0.6 is 11.6 Å². The number of carbonyl (C=O) groups is 1. The molecule has 4 aromatic rings. The minimum absolute atomic E-state index is 0.140. The smallest absolute Gasteiger partial charge is 0.348 e. The summed E-state index contributed by atoms with van der Waals surface area (Å²) in [7, 11) is 0. The van der Waals surface area contributed by atoms with Crippen molar-refractivity contribution in [3.63, 3.8) is 0 Å². The number of carbonyl (C=O) groups excluding carboxylic acids is 1. The number of aryl methyl sites for hydroxylation is 1. The van der Waals surface area contributed by atoms with Gasteiger partial charge in [0.05, 0.1) is 10.4 Å². The summed E-state index contributed by atoms with van der Waals surface area (Å²) in [5.41, 5.74) is 0.829. The lowest BCUT2D eigenvalue weighted by atomic mass is 9.92. The lowest BCUT2D eigenvalue weighted by Crippen LogP contribution is -2.37. The standard InChI is InChI=1S/C21H13ClN4O4/c1-12-7-10-17-16(11-12)23-24-25(17)21(13-5-3-2-4-6-13)14-8-9-15(22)19(26(28)29)18(14)20(27)30-21/h2-11H,1H3. The average molecular weight is 421 g/mol. The molecule has 0 bridgehead atoms. The summed E-state index contributed by atoms with van der Waals surface area (Å²) < 4.78 is 7.38. The van der Waals surface area contributed by atoms with E-state index in [1.807, 2.05) is 31.2 Å². The minimum atomic E-state index is -1.56. The maximum atomic E-state index is 13.0. The molecule has 2 heterocycles. The van der Waals surface area contributed by atoms with Crippen LogP contribution in [0.3, 0.4) is 0 Å². The van der Waals surface area contributed by atoms with Crippen LogP contribution in [0.25, 0.3) is 11.0 Å². The fraction of sp³-hybridized carbons (Fsp3) is 0.0952. The molecule has 0 aliphatic carbocycles. The lowest BCUT2D eigenvalue weighted by molar-refractivity contribution is -0.385. The van der Waals surface area contributed by atoms with Gasteiger partial charge in [-0.25, -0.2) is 4.79 Å². The Morgan fingerprint density at radius 2 is 1.90 bits per heavy atom. The van der Waals surface area contributed by atoms with Crippen molar-refractivity contribution in [3.8, 4) is 0 Å². The highest BCUT2D eigenvalue weighted by molar-refractivity contribution is 6.33. The lowest BCUT2D eigenvalue weighted by Gasteiger charge is -2.29. The molecule has 0 saturated carbocycles. The van der Waals surface area contributed by atoms with Crippen molar-refractivity contribution in [1.29, 1.82) is 0 Å². The van der Waals surface area contributed by atoms with Gasteiger partial charge >= 0.3 is 11.7 Å². The second kappa shape index (κ2) is 6.36. The highest BCUT2D eigenvalue weighted by Gasteiger charge is 2.54. The van der Waals surface area contributed by atoms with Crippen LogP contribution in [0.4, 0.5) is 5.69 Å². The zero-order valence-corrected chi connectivity index (χ0v) is 16.3. The van der Waals surface area contributed by atoms with Crippen molar-refractivity contribution in [2.75, 3.05) is 0 Å². The Morgan fingerprint density at radius 1 is 1.13 bits per heavy atom. The van der Waals surface area contributed by atoms with Crippen LogP contribution in [-0.4, -0.2) is 25.9 Å². The molecule has 0 amide bonds. The molecule has 0 saturated heterocycles. The van der Waals surface area contributed by atoms with E-state index in [-0.39, 0.29) is 16.1 Å². The van der Waals surface area contributed by atoms with Gasteiger partial charge in [-0.3, -0.25) is 10.1 Å². The molecule has 0 N–H and O–H groups in total. The molecule has 1 unspecified atom stereocenters. The molecule has 1 aromatic heterocycles. The SMILES string of the molecule is Cc1ccc2c(c1)nnn2C1(c2ccccc2)OC(=O)c2c1ccc(Cl)c2[N+](=O)[O-]. The summed E-state index contributed by atoms with van der Waals surface area (Å²) in [6.07, 6.45) is 0. The van der Waals surface area contributed by atoms with Crippen molar-refractivity contribution < 1.29 is 14.5 Å². The monoisotopic (exact) mass is 420 g/mol. The van der Waals surface area contributed by atoms with Crippen molar-refractivity contribution in [2.24, 2.45) is 0 Å². The number of hydrogen-bond acceptors (Lipinski definition) is 6. The second-order valence-corrected chi connectivity index (χ2v) is 7.38. The largest absolute Gasteiger partial charge is 0.424 e. The Bertz CT molecular complexity index is 1350. The van der Waals surface area contributed by atoms with E-state index in [4.69, 9.17) is 16.3 Å². The summed E-state index contributed by atoms with van der Waals surface area (Å²) in [5, 5.41) is 20.1. The van der Waals surface area contributed by atoms with Crippen LogP contribution in [0.2, 0.25) is 5.02 Å². The second-order valence-electron chi connectivity index (χ2n) is 6.97. The molecular weight excluding hydrogens is 408 g/mol. The Morgan fingerprint density at radius 3 is 2.63 bits per heavy atom. The molecule has 1 aliphatic heterocycles. The quantitative estimate of drug-likeness (QED) is 0.279. The number of fused-ring (bicyclic) bond motifs is 2. The number of esters is 1. The van der Waals surface area contributed by atoms with Crippen LogP contribution in [0.15, 0.2) is 60.7 Å². The molecule has 0 spiro atoms. The normalized spacial score (nSPS) is 17.7. The molecule has 9 heteroatoms. The van der Waals surface area contributed by atoms with Crippen molar-refractivity contribution in [2.45, 2.75) is 12.6 Å². The van der Waals surface area contributed by atoms with E-state index < -0.39 is 22.3 Å². The van der Waals surface area contributed by atoms with Gasteiger partial charge in [0.15, 0.2) is 0 Å². The Kier molecular flexibility index (Phi) is 3.87. The van der Waals surface area contributed by atoms with Crippen LogP contribution in [0.1, 0.15) is 27.0 Å². The number of benzene rings is 3. The number of nitro groups is 1. The fourth-order valence-electron chi connectivity index (χ4n) is 3.90. The van der Waals surface area contributed by atoms with E-state index in [0.29, 0.717) is 16.6 Å². The third kappa shape index (κ3) is 2.37. The van der Waals surface area contributed by atoms with Gasteiger partial charge in [-0.2, -0.15) is 4.68 Å². The average Bonchev–Trinajstić information content (AvgIpc) is 3.27. The molecule has 30 heavy (non-hydrogen) atoms. The van der Waals surface area contributed by atoms with Crippen molar-refractivity contribution in [1.82, 2.24) is 15.0 Å². The molecule has 148 valence electrons. The summed E-state index contributed by atoms with van der Waals surface area (Å²) in [4.78, 5) is 24.0. The number of cyclic esters (lactones) is 1. The first-order valence-electron chi connectivity index (χ1n) is 9.02. The van der Waals surface area contributed by atoms with Gasteiger partial charge in [-0.05, 0) is 36.8 Å². The van der Waals surface area contributed by atoms with E-state index in [0.717, 1.165) is 5.56 Å². The Labute approximate surface area is 174 Å². The van der Waals surface area contributed by atoms with Gasteiger partial charge in [-0.1, -0.05) is 53.2 Å². The number of aromatic nitrogens is 3. The van der Waals surface area contributed by atoms with E-state index in [2.05, 4.69) is 10.3 Å². The first-order valence-corrected chi connectivity index (χ1v) is 9.40. The number of nitrogens with zero attached hydrogens (tertiary/aromatic N) is 4. The molecule has 1 atom stereocenters. The molecule has 5 rings (SSSR count). The number of ether oxygens (including phenoxy) is 1. The molecule has 0 fully saturated rings. The molecule has 0 radical (unpaired) electrons. The van der Waals surface area contributed by atoms with Crippen LogP contribution < -0.4 is 0 Å². The summed E-state index contributed by atoms with van der Waals surface area (Å²) in [6.45, 7) is 1.93. The number of hydrogen-bond donors (Lipinski definition) is 0. The van der Waals surface area contributed by atoms with Gasteiger partial charge < -0.3 is 4.74 Å². The first-order chi connectivity index (χ1) is 14.4. The summed E-state index contributed by atoms with van der Waals surface area (Å²) in [5.74, 6) is -0.848. The predicted molar refractivity (Wildman–Crippen MR) is 108 cm³/mol. The van der Waals surface area contributed by atoms with E-state index >= 15 is 0 Å². The van der Waals surface area contributed by atoms with Gasteiger partial charge in [0.1, 0.15) is 16.1 Å². The topological polar surface area (TPSA) is 100 Å². The molecule has 1 aliphatic rings. The Hall–Kier alpha value is -3.78. The highest BCUT2D eigenvalue weighted by atomic mass is 35.5. The minimum Gasteiger partial charge on any atom is -0.424 e. The van der Waals surface area contributed by atoms with Crippen LogP contribution in [0, 0.1) is 17.0 Å². The molecule has 3 aromatic carbocycles. The van der Waals surface area contributed by atoms with Gasteiger partial charge in [0.25, 0.3) is 5.72 Å². The van der Waals surface area contributed by atoms with Gasteiger partial charge in [-0.15, -0.1) is 5.10 Å². The fourth-order valence-corrected chi connectivity index (χ4v) is 4.12. The zero-order valence-electron chi connectivity index (χ0n) is 15.6. The summed E-state index contributed by atoms with van der Waals surface area (Å²) in [6, 6.07) is 17.5.